The highest BCUT2D eigenvalue weighted by Gasteiger charge is 2.20. The molecule has 2 aromatic carbocycles. The van der Waals surface area contributed by atoms with E-state index in [4.69, 9.17) is 0 Å². The highest BCUT2D eigenvalue weighted by Crippen LogP contribution is 2.30. The molecule has 1 unspecified atom stereocenters. The number of aryl methyl sites for hydroxylation is 1. The molecule has 0 bridgehead atoms. The molecule has 0 spiro atoms. The largest absolute Gasteiger partial charge is 0.338 e. The van der Waals surface area contributed by atoms with Crippen molar-refractivity contribution in [2.45, 2.75) is 31.7 Å². The lowest BCUT2D eigenvalue weighted by molar-refractivity contribution is 0.239. The molecule has 2 aromatic rings. The first kappa shape index (κ1) is 15.5. The molecule has 0 fully saturated rings. The summed E-state index contributed by atoms with van der Waals surface area (Å²) in [6, 6.07) is 14.6. The third-order valence-corrected chi connectivity index (χ3v) is 4.40. The van der Waals surface area contributed by atoms with Crippen LogP contribution in [0.2, 0.25) is 0 Å². The van der Waals surface area contributed by atoms with Gasteiger partial charge in [0.15, 0.2) is 0 Å². The fourth-order valence-electron chi connectivity index (χ4n) is 3.16. The molecular weight excluding hydrogens is 291 g/mol. The van der Waals surface area contributed by atoms with E-state index in [-0.39, 0.29) is 18.4 Å². The van der Waals surface area contributed by atoms with E-state index < -0.39 is 0 Å². The van der Waals surface area contributed by atoms with Crippen LogP contribution in [0.1, 0.15) is 35.4 Å². The van der Waals surface area contributed by atoms with Gasteiger partial charge in [0, 0.05) is 24.6 Å². The van der Waals surface area contributed by atoms with E-state index in [1.807, 2.05) is 0 Å². The minimum atomic E-state index is -0.297. The van der Waals surface area contributed by atoms with Gasteiger partial charge in [0.25, 0.3) is 0 Å². The summed E-state index contributed by atoms with van der Waals surface area (Å²) < 4.78 is 13.5. The molecule has 1 atom stereocenters. The van der Waals surface area contributed by atoms with Gasteiger partial charge in [-0.2, -0.15) is 0 Å². The second-order valence-electron chi connectivity index (χ2n) is 5.94. The minimum absolute atomic E-state index is 0.194. The summed E-state index contributed by atoms with van der Waals surface area (Å²) in [5, 5.41) is 5.62. The SMILES string of the molecule is O=C(NCc1ccccc1F)NCC1CCCc2ccccc21. The lowest BCUT2D eigenvalue weighted by atomic mass is 9.83. The van der Waals surface area contributed by atoms with E-state index in [2.05, 4.69) is 34.9 Å². The molecule has 2 amide bonds. The Balaban J connectivity index is 1.51. The van der Waals surface area contributed by atoms with E-state index in [0.29, 0.717) is 18.0 Å². The van der Waals surface area contributed by atoms with Crippen molar-refractivity contribution in [3.63, 3.8) is 0 Å². The highest BCUT2D eigenvalue weighted by molar-refractivity contribution is 5.73. The number of carbonyl (C=O) groups excluding carboxylic acids is 1. The first-order chi connectivity index (χ1) is 11.2. The van der Waals surface area contributed by atoms with Crippen LogP contribution in [-0.2, 0) is 13.0 Å². The molecule has 0 aromatic heterocycles. The summed E-state index contributed by atoms with van der Waals surface area (Å²) in [6.07, 6.45) is 3.36. The highest BCUT2D eigenvalue weighted by atomic mass is 19.1. The second kappa shape index (κ2) is 7.27. The zero-order chi connectivity index (χ0) is 16.1. The van der Waals surface area contributed by atoms with Crippen LogP contribution in [0.25, 0.3) is 0 Å². The van der Waals surface area contributed by atoms with Crippen molar-refractivity contribution in [1.82, 2.24) is 10.6 Å². The van der Waals surface area contributed by atoms with Gasteiger partial charge in [-0.05, 0) is 36.5 Å². The van der Waals surface area contributed by atoms with Gasteiger partial charge in [-0.1, -0.05) is 42.5 Å². The topological polar surface area (TPSA) is 41.1 Å². The third kappa shape index (κ3) is 3.89. The Morgan fingerprint density at radius 3 is 2.74 bits per heavy atom. The standard InChI is InChI=1S/C19H21FN2O/c20-18-11-4-2-7-16(18)13-22-19(23)21-12-15-9-5-8-14-6-1-3-10-17(14)15/h1-4,6-7,10-11,15H,5,8-9,12-13H2,(H2,21,22,23). The van der Waals surface area contributed by atoms with Crippen LogP contribution in [0.3, 0.4) is 0 Å². The fraction of sp³-hybridized carbons (Fsp3) is 0.316. The molecule has 0 heterocycles. The van der Waals surface area contributed by atoms with Crippen LogP contribution >= 0.6 is 0 Å². The van der Waals surface area contributed by atoms with E-state index in [9.17, 15) is 9.18 Å². The molecule has 0 aliphatic heterocycles. The third-order valence-electron chi connectivity index (χ3n) is 4.40. The summed E-state index contributed by atoms with van der Waals surface area (Å²) in [5.74, 6) is 0.0631. The zero-order valence-corrected chi connectivity index (χ0v) is 13.0. The predicted molar refractivity (Wildman–Crippen MR) is 88.8 cm³/mol. The molecule has 0 saturated carbocycles. The maximum Gasteiger partial charge on any atom is 0.315 e. The average molecular weight is 312 g/mol. The van der Waals surface area contributed by atoms with Crippen molar-refractivity contribution < 1.29 is 9.18 Å². The predicted octanol–water partition coefficient (Wildman–Crippen LogP) is 3.75. The first-order valence-corrected chi connectivity index (χ1v) is 8.07. The van der Waals surface area contributed by atoms with E-state index >= 15 is 0 Å². The number of amides is 2. The van der Waals surface area contributed by atoms with Crippen LogP contribution < -0.4 is 10.6 Å². The van der Waals surface area contributed by atoms with Crippen molar-refractivity contribution >= 4 is 6.03 Å². The lowest BCUT2D eigenvalue weighted by Gasteiger charge is -2.25. The smallest absolute Gasteiger partial charge is 0.315 e. The molecule has 3 nitrogen and oxygen atoms in total. The van der Waals surface area contributed by atoms with Crippen molar-refractivity contribution in [3.05, 3.63) is 71.0 Å². The number of carbonyl (C=O) groups is 1. The van der Waals surface area contributed by atoms with Gasteiger partial charge >= 0.3 is 6.03 Å². The number of nitrogens with one attached hydrogen (secondary N) is 2. The van der Waals surface area contributed by atoms with Crippen LogP contribution in [0.5, 0.6) is 0 Å². The monoisotopic (exact) mass is 312 g/mol. The maximum absolute atomic E-state index is 13.5. The van der Waals surface area contributed by atoms with Gasteiger partial charge in [-0.25, -0.2) is 9.18 Å². The average Bonchev–Trinajstić information content (AvgIpc) is 2.59. The molecule has 0 saturated heterocycles. The Morgan fingerprint density at radius 2 is 1.87 bits per heavy atom. The minimum Gasteiger partial charge on any atom is -0.338 e. The van der Waals surface area contributed by atoms with Crippen molar-refractivity contribution in [1.29, 1.82) is 0 Å². The second-order valence-corrected chi connectivity index (χ2v) is 5.94. The number of benzene rings is 2. The number of rotatable bonds is 4. The van der Waals surface area contributed by atoms with Gasteiger partial charge in [0.2, 0.25) is 0 Å². The van der Waals surface area contributed by atoms with Crippen LogP contribution in [0.4, 0.5) is 9.18 Å². The lowest BCUT2D eigenvalue weighted by Crippen LogP contribution is -2.38. The van der Waals surface area contributed by atoms with Gasteiger partial charge < -0.3 is 10.6 Å². The van der Waals surface area contributed by atoms with E-state index in [0.717, 1.165) is 19.3 Å². The zero-order valence-electron chi connectivity index (χ0n) is 13.0. The number of hydrogen-bond acceptors (Lipinski definition) is 1. The number of urea groups is 1. The molecule has 1 aliphatic carbocycles. The molecule has 1 aliphatic rings. The molecule has 4 heteroatoms. The fourth-order valence-corrected chi connectivity index (χ4v) is 3.16. The van der Waals surface area contributed by atoms with Gasteiger partial charge in [-0.3, -0.25) is 0 Å². The van der Waals surface area contributed by atoms with Crippen LogP contribution in [0.15, 0.2) is 48.5 Å². The number of halogens is 1. The summed E-state index contributed by atoms with van der Waals surface area (Å²) in [4.78, 5) is 11.9. The maximum atomic E-state index is 13.5. The first-order valence-electron chi connectivity index (χ1n) is 8.07. The Kier molecular flexibility index (Phi) is 4.91. The molecule has 120 valence electrons. The summed E-state index contributed by atoms with van der Waals surface area (Å²) >= 11 is 0. The van der Waals surface area contributed by atoms with Gasteiger partial charge in [-0.15, -0.1) is 0 Å². The Morgan fingerprint density at radius 1 is 1.09 bits per heavy atom. The molecule has 0 radical (unpaired) electrons. The van der Waals surface area contributed by atoms with Gasteiger partial charge in [0.05, 0.1) is 0 Å². The molecule has 2 N–H and O–H groups in total. The summed E-state index contributed by atoms with van der Waals surface area (Å²) in [6.45, 7) is 0.805. The van der Waals surface area contributed by atoms with E-state index in [1.54, 1.807) is 18.2 Å². The van der Waals surface area contributed by atoms with Crippen molar-refractivity contribution in [2.24, 2.45) is 0 Å². The van der Waals surface area contributed by atoms with Gasteiger partial charge in [0.1, 0.15) is 5.82 Å². The quantitative estimate of drug-likeness (QED) is 0.887. The van der Waals surface area contributed by atoms with Crippen molar-refractivity contribution in [3.8, 4) is 0 Å². The Bertz CT molecular complexity index is 687. The van der Waals surface area contributed by atoms with Crippen LogP contribution in [-0.4, -0.2) is 12.6 Å². The van der Waals surface area contributed by atoms with Crippen LogP contribution in [0, 0.1) is 5.82 Å². The Hall–Kier alpha value is -2.36. The summed E-state index contributed by atoms with van der Waals surface area (Å²) in [5.41, 5.74) is 3.22. The molecule has 23 heavy (non-hydrogen) atoms. The molecule has 3 rings (SSSR count). The number of hydrogen-bond donors (Lipinski definition) is 2. The normalized spacial score (nSPS) is 16.5. The number of fused-ring (bicyclic) bond motifs is 1. The van der Waals surface area contributed by atoms with Crippen molar-refractivity contribution in [2.75, 3.05) is 6.54 Å². The summed E-state index contributed by atoms with van der Waals surface area (Å²) in [7, 11) is 0. The van der Waals surface area contributed by atoms with E-state index in [1.165, 1.54) is 17.2 Å². The Labute approximate surface area is 135 Å². The molecular formula is C19H21FN2O.